The molecule has 3 atom stereocenters. The molecule has 1 aromatic heterocycles. The zero-order valence-electron chi connectivity index (χ0n) is 14.4. The third-order valence-corrected chi connectivity index (χ3v) is 5.11. The van der Waals surface area contributed by atoms with Gasteiger partial charge in [-0.1, -0.05) is 60.7 Å². The molecule has 0 radical (unpaired) electrons. The molecular formula is C21H23N3O. The van der Waals surface area contributed by atoms with Crippen molar-refractivity contribution in [3.63, 3.8) is 0 Å². The van der Waals surface area contributed by atoms with Gasteiger partial charge in [-0.05, 0) is 12.5 Å². The molecule has 4 rings (SSSR count). The molecule has 0 bridgehead atoms. The van der Waals surface area contributed by atoms with E-state index in [1.54, 1.807) is 0 Å². The van der Waals surface area contributed by atoms with Crippen LogP contribution in [0.3, 0.4) is 0 Å². The van der Waals surface area contributed by atoms with Gasteiger partial charge in [-0.15, -0.1) is 0 Å². The third kappa shape index (κ3) is 3.23. The second-order valence-corrected chi connectivity index (χ2v) is 6.74. The maximum atomic E-state index is 6.42. The Kier molecular flexibility index (Phi) is 4.38. The number of aromatic nitrogens is 1. The topological polar surface area (TPSA) is 55.3 Å². The average Bonchev–Trinajstić information content (AvgIpc) is 3.30. The molecule has 0 aliphatic carbocycles. The first kappa shape index (κ1) is 16.1. The first-order valence-electron chi connectivity index (χ1n) is 8.78. The largest absolute Gasteiger partial charge is 0.439 e. The van der Waals surface area contributed by atoms with Gasteiger partial charge in [0.25, 0.3) is 0 Å². The van der Waals surface area contributed by atoms with Crippen LogP contribution in [-0.2, 0) is 0 Å². The predicted octanol–water partition coefficient (Wildman–Crippen LogP) is 3.83. The van der Waals surface area contributed by atoms with Crippen molar-refractivity contribution in [2.75, 3.05) is 13.1 Å². The number of benzene rings is 2. The van der Waals surface area contributed by atoms with Gasteiger partial charge in [-0.2, -0.15) is 0 Å². The molecule has 4 nitrogen and oxygen atoms in total. The molecule has 0 spiro atoms. The van der Waals surface area contributed by atoms with E-state index in [9.17, 15) is 0 Å². The van der Waals surface area contributed by atoms with Crippen molar-refractivity contribution >= 4 is 0 Å². The van der Waals surface area contributed by atoms with Gasteiger partial charge in [0.05, 0.1) is 12.2 Å². The molecular weight excluding hydrogens is 310 g/mol. The summed E-state index contributed by atoms with van der Waals surface area (Å²) in [5.41, 5.74) is 8.78. The van der Waals surface area contributed by atoms with Crippen LogP contribution in [0.25, 0.3) is 11.3 Å². The minimum Gasteiger partial charge on any atom is -0.439 e. The lowest BCUT2D eigenvalue weighted by Gasteiger charge is -2.21. The number of oxazole rings is 1. The Morgan fingerprint density at radius 2 is 1.72 bits per heavy atom. The lowest BCUT2D eigenvalue weighted by molar-refractivity contribution is 0.221. The van der Waals surface area contributed by atoms with Crippen LogP contribution in [-0.4, -0.2) is 29.0 Å². The number of likely N-dealkylation sites (tertiary alicyclic amines) is 1. The highest BCUT2D eigenvalue weighted by Crippen LogP contribution is 2.33. The van der Waals surface area contributed by atoms with E-state index >= 15 is 0 Å². The van der Waals surface area contributed by atoms with Crippen molar-refractivity contribution in [3.8, 4) is 11.3 Å². The Morgan fingerprint density at radius 1 is 1.04 bits per heavy atom. The lowest BCUT2D eigenvalue weighted by Crippen LogP contribution is -2.30. The van der Waals surface area contributed by atoms with Crippen molar-refractivity contribution in [2.24, 2.45) is 5.73 Å². The Hall–Kier alpha value is -2.43. The third-order valence-electron chi connectivity index (χ3n) is 5.11. The molecule has 1 saturated heterocycles. The zero-order valence-corrected chi connectivity index (χ0v) is 14.4. The monoisotopic (exact) mass is 333 g/mol. The molecule has 128 valence electrons. The smallest absolute Gasteiger partial charge is 0.211 e. The summed E-state index contributed by atoms with van der Waals surface area (Å²) < 4.78 is 6.03. The Bertz CT molecular complexity index is 815. The van der Waals surface area contributed by atoms with E-state index < -0.39 is 0 Å². The Balaban J connectivity index is 1.50. The van der Waals surface area contributed by atoms with Crippen LogP contribution in [0.15, 0.2) is 71.3 Å². The van der Waals surface area contributed by atoms with Crippen LogP contribution in [0.5, 0.6) is 0 Å². The summed E-state index contributed by atoms with van der Waals surface area (Å²) in [6, 6.07) is 20.8. The first-order chi connectivity index (χ1) is 12.2. The fourth-order valence-electron chi connectivity index (χ4n) is 3.60. The van der Waals surface area contributed by atoms with Crippen LogP contribution in [0.1, 0.15) is 30.3 Å². The highest BCUT2D eigenvalue weighted by atomic mass is 16.4. The first-order valence-corrected chi connectivity index (χ1v) is 8.78. The van der Waals surface area contributed by atoms with Gasteiger partial charge in [-0.25, -0.2) is 4.98 Å². The van der Waals surface area contributed by atoms with E-state index in [1.165, 1.54) is 5.56 Å². The summed E-state index contributed by atoms with van der Waals surface area (Å²) >= 11 is 0. The molecule has 0 amide bonds. The number of nitrogens with zero attached hydrogens (tertiary/aromatic N) is 2. The highest BCUT2D eigenvalue weighted by molar-refractivity contribution is 5.55. The fourth-order valence-corrected chi connectivity index (χ4v) is 3.60. The van der Waals surface area contributed by atoms with Gasteiger partial charge in [-0.3, -0.25) is 4.90 Å². The SMILES string of the molecule is CC(c1ncc(-c2ccccc2)o1)N1C[C@@H](N)[C@H](c2ccccc2)C1. The fraction of sp³-hybridized carbons (Fsp3) is 0.286. The quantitative estimate of drug-likeness (QED) is 0.788. The highest BCUT2D eigenvalue weighted by Gasteiger charge is 2.35. The van der Waals surface area contributed by atoms with E-state index in [1.807, 2.05) is 42.6 Å². The van der Waals surface area contributed by atoms with Crippen molar-refractivity contribution in [1.29, 1.82) is 0 Å². The van der Waals surface area contributed by atoms with Gasteiger partial charge in [0.15, 0.2) is 5.76 Å². The molecule has 3 aromatic rings. The minimum absolute atomic E-state index is 0.109. The average molecular weight is 333 g/mol. The number of nitrogens with two attached hydrogens (primary N) is 1. The summed E-state index contributed by atoms with van der Waals surface area (Å²) in [5, 5.41) is 0. The molecule has 1 aliphatic heterocycles. The maximum absolute atomic E-state index is 6.42. The van der Waals surface area contributed by atoms with Crippen LogP contribution in [0.2, 0.25) is 0 Å². The summed E-state index contributed by atoms with van der Waals surface area (Å²) in [6.07, 6.45) is 1.81. The molecule has 1 fully saturated rings. The van der Waals surface area contributed by atoms with Crippen LogP contribution in [0.4, 0.5) is 0 Å². The normalized spacial score (nSPS) is 22.2. The van der Waals surface area contributed by atoms with Gasteiger partial charge in [0.2, 0.25) is 5.89 Å². The zero-order chi connectivity index (χ0) is 17.2. The van der Waals surface area contributed by atoms with Crippen LogP contribution in [0, 0.1) is 0 Å². The van der Waals surface area contributed by atoms with Crippen LogP contribution >= 0.6 is 0 Å². The molecule has 4 heteroatoms. The molecule has 25 heavy (non-hydrogen) atoms. The second kappa shape index (κ2) is 6.82. The van der Waals surface area contributed by atoms with Crippen molar-refractivity contribution in [2.45, 2.75) is 24.9 Å². The van der Waals surface area contributed by atoms with Gasteiger partial charge in [0.1, 0.15) is 0 Å². The molecule has 2 aromatic carbocycles. The van der Waals surface area contributed by atoms with E-state index in [4.69, 9.17) is 10.2 Å². The second-order valence-electron chi connectivity index (χ2n) is 6.74. The van der Waals surface area contributed by atoms with E-state index in [2.05, 4.69) is 41.1 Å². The molecule has 2 heterocycles. The molecule has 0 saturated carbocycles. The molecule has 1 aliphatic rings. The standard InChI is InChI=1S/C21H23N3O/c1-15(21-23-12-20(25-21)17-10-6-3-7-11-17)24-13-18(19(22)14-24)16-8-4-2-5-9-16/h2-12,15,18-19H,13-14,22H2,1H3/t15?,18-,19+/m0/s1. The molecule has 2 N–H and O–H groups in total. The number of rotatable bonds is 4. The maximum Gasteiger partial charge on any atom is 0.211 e. The lowest BCUT2D eigenvalue weighted by atomic mass is 9.95. The van der Waals surface area contributed by atoms with Gasteiger partial charge < -0.3 is 10.2 Å². The van der Waals surface area contributed by atoms with Crippen molar-refractivity contribution in [1.82, 2.24) is 9.88 Å². The summed E-state index contributed by atoms with van der Waals surface area (Å²) in [5.74, 6) is 1.91. The summed E-state index contributed by atoms with van der Waals surface area (Å²) in [6.45, 7) is 3.92. The van der Waals surface area contributed by atoms with Gasteiger partial charge in [0, 0.05) is 30.6 Å². The Morgan fingerprint density at radius 3 is 2.44 bits per heavy atom. The van der Waals surface area contributed by atoms with Crippen molar-refractivity contribution in [3.05, 3.63) is 78.3 Å². The number of hydrogen-bond acceptors (Lipinski definition) is 4. The number of hydrogen-bond donors (Lipinski definition) is 1. The van der Waals surface area contributed by atoms with Crippen molar-refractivity contribution < 1.29 is 4.42 Å². The van der Waals surface area contributed by atoms with E-state index in [-0.39, 0.29) is 12.1 Å². The van der Waals surface area contributed by atoms with E-state index in [0.717, 1.165) is 30.3 Å². The summed E-state index contributed by atoms with van der Waals surface area (Å²) in [7, 11) is 0. The van der Waals surface area contributed by atoms with Gasteiger partial charge >= 0.3 is 0 Å². The minimum atomic E-state index is 0.109. The Labute approximate surface area is 148 Å². The predicted molar refractivity (Wildman–Crippen MR) is 99.1 cm³/mol. The van der Waals surface area contributed by atoms with E-state index in [0.29, 0.717) is 5.92 Å². The van der Waals surface area contributed by atoms with Crippen LogP contribution < -0.4 is 5.73 Å². The molecule has 1 unspecified atom stereocenters. The summed E-state index contributed by atoms with van der Waals surface area (Å²) in [4.78, 5) is 6.87.